The lowest BCUT2D eigenvalue weighted by atomic mass is 10.0. The minimum absolute atomic E-state index is 0.157. The molecule has 2 aromatic rings. The van der Waals surface area contributed by atoms with Crippen LogP contribution in [0.5, 0.6) is 5.75 Å². The monoisotopic (exact) mass is 340 g/mol. The van der Waals surface area contributed by atoms with Crippen molar-refractivity contribution in [3.05, 3.63) is 52.8 Å². The third kappa shape index (κ3) is 3.98. The first-order valence-electron chi connectivity index (χ1n) is 7.90. The fourth-order valence-corrected chi connectivity index (χ4v) is 2.41. The van der Waals surface area contributed by atoms with E-state index in [1.165, 1.54) is 13.1 Å². The van der Waals surface area contributed by atoms with Crippen molar-refractivity contribution in [2.75, 3.05) is 13.6 Å². The lowest BCUT2D eigenvalue weighted by molar-refractivity contribution is 0.0951. The lowest BCUT2D eigenvalue weighted by Gasteiger charge is -2.16. The molecule has 130 valence electrons. The summed E-state index contributed by atoms with van der Waals surface area (Å²) in [6, 6.07) is 10.7. The van der Waals surface area contributed by atoms with E-state index in [-0.39, 0.29) is 23.0 Å². The molecule has 0 bridgehead atoms. The molecule has 0 aliphatic carbocycles. The topological polar surface area (TPSA) is 107 Å². The van der Waals surface area contributed by atoms with Gasteiger partial charge in [-0.3, -0.25) is 9.59 Å². The maximum absolute atomic E-state index is 12.1. The van der Waals surface area contributed by atoms with Crippen molar-refractivity contribution >= 4 is 11.8 Å². The molecule has 0 aliphatic heterocycles. The number of rotatable bonds is 6. The first-order valence-corrected chi connectivity index (χ1v) is 7.90. The molecule has 1 unspecified atom stereocenters. The van der Waals surface area contributed by atoms with Crippen LogP contribution in [0.3, 0.4) is 0 Å². The molecule has 0 fully saturated rings. The number of nitrogens with one attached hydrogen (secondary N) is 3. The van der Waals surface area contributed by atoms with Gasteiger partial charge < -0.3 is 20.4 Å². The number of ether oxygens (including phenoxy) is 1. The Bertz CT molecular complexity index is 820. The fourth-order valence-electron chi connectivity index (χ4n) is 2.41. The number of hydrogen-bond donors (Lipinski definition) is 3. The highest BCUT2D eigenvalue weighted by atomic mass is 16.5. The number of amides is 2. The van der Waals surface area contributed by atoms with E-state index in [2.05, 4.69) is 21.7 Å². The molecule has 2 rings (SSSR count). The average molecular weight is 340 g/mol. The number of H-pyrrole nitrogens is 1. The van der Waals surface area contributed by atoms with E-state index in [0.29, 0.717) is 17.7 Å². The summed E-state index contributed by atoms with van der Waals surface area (Å²) in [5.41, 5.74) is 1.59. The second-order valence-corrected chi connectivity index (χ2v) is 5.32. The van der Waals surface area contributed by atoms with Gasteiger partial charge in [0.1, 0.15) is 17.5 Å². The SMILES string of the molecule is CCNC(=O)c1cc(OC(C)c2ccccc2C#N)c(C(=O)NC)[nH]1. The summed E-state index contributed by atoms with van der Waals surface area (Å²) < 4.78 is 5.88. The number of aromatic amines is 1. The Balaban J connectivity index is 2.35. The molecule has 3 N–H and O–H groups in total. The molecule has 0 saturated carbocycles. The smallest absolute Gasteiger partial charge is 0.271 e. The zero-order chi connectivity index (χ0) is 18.4. The Morgan fingerprint density at radius 2 is 2.04 bits per heavy atom. The molecule has 2 amide bonds. The second-order valence-electron chi connectivity index (χ2n) is 5.32. The van der Waals surface area contributed by atoms with Gasteiger partial charge in [0.2, 0.25) is 0 Å². The van der Waals surface area contributed by atoms with Gasteiger partial charge >= 0.3 is 0 Å². The standard InChI is InChI=1S/C18H20N4O3/c1-4-21-17(23)14-9-15(16(22-14)18(24)20-3)25-11(2)13-8-6-5-7-12(13)10-19/h5-9,11,22H,4H2,1-3H3,(H,20,24)(H,21,23). The molecular weight excluding hydrogens is 320 g/mol. The molecule has 1 atom stereocenters. The Hall–Kier alpha value is -3.27. The Morgan fingerprint density at radius 1 is 1.32 bits per heavy atom. The van der Waals surface area contributed by atoms with Crippen LogP contribution in [0.15, 0.2) is 30.3 Å². The van der Waals surface area contributed by atoms with Gasteiger partial charge in [-0.25, -0.2) is 0 Å². The van der Waals surface area contributed by atoms with E-state index < -0.39 is 12.0 Å². The average Bonchev–Trinajstić information content (AvgIpc) is 3.05. The van der Waals surface area contributed by atoms with Gasteiger partial charge in [0.05, 0.1) is 11.6 Å². The fraction of sp³-hybridized carbons (Fsp3) is 0.278. The summed E-state index contributed by atoms with van der Waals surface area (Å²) in [6.07, 6.45) is -0.475. The van der Waals surface area contributed by atoms with E-state index in [4.69, 9.17) is 4.74 Å². The molecular formula is C18H20N4O3. The molecule has 1 aromatic carbocycles. The van der Waals surface area contributed by atoms with Crippen LogP contribution in [0.4, 0.5) is 0 Å². The van der Waals surface area contributed by atoms with E-state index in [1.807, 2.05) is 6.07 Å². The minimum atomic E-state index is -0.475. The molecule has 0 spiro atoms. The van der Waals surface area contributed by atoms with Crippen molar-refractivity contribution in [1.29, 1.82) is 5.26 Å². The first kappa shape index (κ1) is 18.1. The van der Waals surface area contributed by atoms with Gasteiger partial charge in [-0.1, -0.05) is 18.2 Å². The van der Waals surface area contributed by atoms with E-state index in [9.17, 15) is 14.9 Å². The molecule has 0 radical (unpaired) electrons. The number of nitrogens with zero attached hydrogens (tertiary/aromatic N) is 1. The van der Waals surface area contributed by atoms with Crippen molar-refractivity contribution < 1.29 is 14.3 Å². The Labute approximate surface area is 146 Å². The van der Waals surface area contributed by atoms with Crippen LogP contribution in [0, 0.1) is 11.3 Å². The third-order valence-corrected chi connectivity index (χ3v) is 3.64. The quantitative estimate of drug-likeness (QED) is 0.749. The highest BCUT2D eigenvalue weighted by Gasteiger charge is 2.22. The predicted molar refractivity (Wildman–Crippen MR) is 92.4 cm³/mol. The van der Waals surface area contributed by atoms with Gasteiger partial charge in [0.25, 0.3) is 11.8 Å². The molecule has 25 heavy (non-hydrogen) atoms. The summed E-state index contributed by atoms with van der Waals surface area (Å²) in [6.45, 7) is 4.05. The Morgan fingerprint density at radius 3 is 2.68 bits per heavy atom. The molecule has 7 nitrogen and oxygen atoms in total. The van der Waals surface area contributed by atoms with Crippen molar-refractivity contribution in [2.24, 2.45) is 0 Å². The number of aromatic nitrogens is 1. The van der Waals surface area contributed by atoms with Crippen LogP contribution in [-0.2, 0) is 0 Å². The highest BCUT2D eigenvalue weighted by molar-refractivity contribution is 5.99. The number of carbonyl (C=O) groups excluding carboxylic acids is 2. The van der Waals surface area contributed by atoms with Gasteiger partial charge in [-0.05, 0) is 19.9 Å². The van der Waals surface area contributed by atoms with Crippen LogP contribution in [0.2, 0.25) is 0 Å². The van der Waals surface area contributed by atoms with Gasteiger partial charge in [0.15, 0.2) is 5.75 Å². The molecule has 7 heteroatoms. The van der Waals surface area contributed by atoms with E-state index in [0.717, 1.165) is 0 Å². The number of carbonyl (C=O) groups is 2. The van der Waals surface area contributed by atoms with Crippen LogP contribution in [0.25, 0.3) is 0 Å². The van der Waals surface area contributed by atoms with Crippen LogP contribution >= 0.6 is 0 Å². The van der Waals surface area contributed by atoms with Crippen LogP contribution < -0.4 is 15.4 Å². The first-order chi connectivity index (χ1) is 12.0. The van der Waals surface area contributed by atoms with Crippen LogP contribution in [-0.4, -0.2) is 30.4 Å². The van der Waals surface area contributed by atoms with Gasteiger partial charge in [0, 0.05) is 25.2 Å². The van der Waals surface area contributed by atoms with Crippen molar-refractivity contribution in [2.45, 2.75) is 20.0 Å². The minimum Gasteiger partial charge on any atom is -0.483 e. The molecule has 0 saturated heterocycles. The number of benzene rings is 1. The Kier molecular flexibility index (Phi) is 5.79. The maximum Gasteiger partial charge on any atom is 0.271 e. The zero-order valence-corrected chi connectivity index (χ0v) is 14.3. The van der Waals surface area contributed by atoms with Crippen LogP contribution in [0.1, 0.15) is 52.1 Å². The highest BCUT2D eigenvalue weighted by Crippen LogP contribution is 2.28. The maximum atomic E-state index is 12.1. The normalized spacial score (nSPS) is 11.3. The largest absolute Gasteiger partial charge is 0.483 e. The van der Waals surface area contributed by atoms with E-state index in [1.54, 1.807) is 32.0 Å². The second kappa shape index (κ2) is 8.02. The van der Waals surface area contributed by atoms with E-state index >= 15 is 0 Å². The number of nitriles is 1. The van der Waals surface area contributed by atoms with Crippen molar-refractivity contribution in [1.82, 2.24) is 15.6 Å². The summed E-state index contributed by atoms with van der Waals surface area (Å²) in [5.74, 6) is -0.472. The summed E-state index contributed by atoms with van der Waals surface area (Å²) in [7, 11) is 1.49. The predicted octanol–water partition coefficient (Wildman–Crippen LogP) is 2.14. The summed E-state index contributed by atoms with van der Waals surface area (Å²) in [5, 5.41) is 14.4. The number of hydrogen-bond acceptors (Lipinski definition) is 4. The summed E-state index contributed by atoms with van der Waals surface area (Å²) >= 11 is 0. The van der Waals surface area contributed by atoms with Crippen molar-refractivity contribution in [3.63, 3.8) is 0 Å². The summed E-state index contributed by atoms with van der Waals surface area (Å²) in [4.78, 5) is 26.9. The van der Waals surface area contributed by atoms with Gasteiger partial charge in [-0.2, -0.15) is 5.26 Å². The molecule has 1 aromatic heterocycles. The lowest BCUT2D eigenvalue weighted by Crippen LogP contribution is -2.23. The third-order valence-electron chi connectivity index (χ3n) is 3.64. The molecule has 0 aliphatic rings. The zero-order valence-electron chi connectivity index (χ0n) is 14.3. The van der Waals surface area contributed by atoms with Gasteiger partial charge in [-0.15, -0.1) is 0 Å². The molecule has 1 heterocycles. The van der Waals surface area contributed by atoms with Crippen molar-refractivity contribution in [3.8, 4) is 11.8 Å².